The zero-order chi connectivity index (χ0) is 16.8. The van der Waals surface area contributed by atoms with Gasteiger partial charge in [-0.15, -0.1) is 0 Å². The highest BCUT2D eigenvalue weighted by Crippen LogP contribution is 2.30. The molecule has 120 valence electrons. The minimum absolute atomic E-state index is 0.0657. The normalized spacial score (nSPS) is 13.2. The van der Waals surface area contributed by atoms with Gasteiger partial charge in [0.2, 0.25) is 0 Å². The number of benzene rings is 1. The van der Waals surface area contributed by atoms with Gasteiger partial charge >= 0.3 is 11.9 Å². The van der Waals surface area contributed by atoms with Crippen molar-refractivity contribution >= 4 is 11.9 Å². The highest BCUT2D eigenvalue weighted by molar-refractivity contribution is 5.96. The van der Waals surface area contributed by atoms with E-state index in [-0.39, 0.29) is 5.41 Å². The first-order valence-corrected chi connectivity index (χ1v) is 7.20. The average molecular weight is 304 g/mol. The number of esters is 2. The summed E-state index contributed by atoms with van der Waals surface area (Å²) >= 11 is 0. The molecule has 1 rings (SSSR count). The first kappa shape index (κ1) is 18.0. The van der Waals surface area contributed by atoms with Gasteiger partial charge in [0.05, 0.1) is 14.2 Å². The number of hydrogen-bond acceptors (Lipinski definition) is 4. The Morgan fingerprint density at radius 3 is 1.91 bits per heavy atom. The molecule has 0 bridgehead atoms. The summed E-state index contributed by atoms with van der Waals surface area (Å²) in [4.78, 5) is 24.2. The maximum atomic E-state index is 12.1. The number of allylic oxidation sites excluding steroid dienone is 2. The van der Waals surface area contributed by atoms with Crippen LogP contribution in [0.5, 0.6) is 0 Å². The van der Waals surface area contributed by atoms with Crippen molar-refractivity contribution in [2.75, 3.05) is 14.2 Å². The van der Waals surface area contributed by atoms with Crippen molar-refractivity contribution in [3.8, 4) is 0 Å². The molecular formula is C18H24O4. The van der Waals surface area contributed by atoms with Gasteiger partial charge in [0.1, 0.15) is 0 Å². The van der Waals surface area contributed by atoms with E-state index >= 15 is 0 Å². The van der Waals surface area contributed by atoms with Gasteiger partial charge in [-0.3, -0.25) is 9.59 Å². The van der Waals surface area contributed by atoms with E-state index in [9.17, 15) is 9.59 Å². The average Bonchev–Trinajstić information content (AvgIpc) is 2.50. The second-order valence-electron chi connectivity index (χ2n) is 6.19. The van der Waals surface area contributed by atoms with Crippen LogP contribution < -0.4 is 0 Å². The van der Waals surface area contributed by atoms with E-state index in [0.717, 1.165) is 5.56 Å². The lowest BCUT2D eigenvalue weighted by Crippen LogP contribution is -2.31. The maximum absolute atomic E-state index is 12.1. The number of hydrogen-bond donors (Lipinski definition) is 0. The molecule has 0 spiro atoms. The Hall–Kier alpha value is -2.10. The topological polar surface area (TPSA) is 52.6 Å². The molecule has 0 aromatic heterocycles. The van der Waals surface area contributed by atoms with E-state index in [1.54, 1.807) is 0 Å². The van der Waals surface area contributed by atoms with E-state index < -0.39 is 23.8 Å². The Bertz CT molecular complexity index is 510. The molecule has 4 heteroatoms. The minimum Gasteiger partial charge on any atom is -0.468 e. The van der Waals surface area contributed by atoms with Crippen LogP contribution in [-0.4, -0.2) is 26.2 Å². The van der Waals surface area contributed by atoms with Crippen LogP contribution >= 0.6 is 0 Å². The number of rotatable bonds is 5. The quantitative estimate of drug-likeness (QED) is 0.475. The lowest BCUT2D eigenvalue weighted by Gasteiger charge is -2.22. The summed E-state index contributed by atoms with van der Waals surface area (Å²) in [6, 6.07) is 9.41. The Morgan fingerprint density at radius 2 is 1.50 bits per heavy atom. The summed E-state index contributed by atoms with van der Waals surface area (Å²) in [6.45, 7) is 6.16. The van der Waals surface area contributed by atoms with Gasteiger partial charge in [-0.25, -0.2) is 0 Å². The van der Waals surface area contributed by atoms with Gasteiger partial charge < -0.3 is 9.47 Å². The molecule has 0 aliphatic heterocycles. The molecule has 1 atom stereocenters. The van der Waals surface area contributed by atoms with E-state index in [0.29, 0.717) is 0 Å². The molecule has 0 aliphatic rings. The SMILES string of the molecule is COC(=O)C(C(=O)OC)C(/C=C/C(C)(C)C)c1ccccc1. The van der Waals surface area contributed by atoms with Crippen LogP contribution in [0.1, 0.15) is 32.3 Å². The second-order valence-corrected chi connectivity index (χ2v) is 6.19. The first-order valence-electron chi connectivity index (χ1n) is 7.20. The molecule has 1 aromatic rings. The Morgan fingerprint density at radius 1 is 1.00 bits per heavy atom. The van der Waals surface area contributed by atoms with Gasteiger partial charge in [-0.05, 0) is 11.0 Å². The van der Waals surface area contributed by atoms with Gasteiger partial charge in [0.15, 0.2) is 5.92 Å². The lowest BCUT2D eigenvalue weighted by molar-refractivity contribution is -0.159. The third-order valence-corrected chi connectivity index (χ3v) is 3.26. The zero-order valence-electron chi connectivity index (χ0n) is 13.8. The van der Waals surface area contributed by atoms with Crippen LogP contribution in [0.2, 0.25) is 0 Å². The fraction of sp³-hybridized carbons (Fsp3) is 0.444. The zero-order valence-corrected chi connectivity index (χ0v) is 13.8. The molecule has 0 aliphatic carbocycles. The van der Waals surface area contributed by atoms with Crippen molar-refractivity contribution in [1.29, 1.82) is 0 Å². The van der Waals surface area contributed by atoms with E-state index in [4.69, 9.17) is 9.47 Å². The predicted octanol–water partition coefficient (Wildman–Crippen LogP) is 3.33. The third kappa shape index (κ3) is 5.02. The Labute approximate surface area is 132 Å². The number of ether oxygens (including phenoxy) is 2. The number of methoxy groups -OCH3 is 2. The summed E-state index contributed by atoms with van der Waals surface area (Å²) in [5.41, 5.74) is 0.799. The first-order chi connectivity index (χ1) is 10.3. The van der Waals surface area contributed by atoms with E-state index in [1.807, 2.05) is 42.5 Å². The fourth-order valence-corrected chi connectivity index (χ4v) is 2.13. The van der Waals surface area contributed by atoms with Gasteiger partial charge in [-0.1, -0.05) is 63.3 Å². The molecule has 1 unspecified atom stereocenters. The molecule has 0 amide bonds. The number of carbonyl (C=O) groups excluding carboxylic acids is 2. The minimum atomic E-state index is -1.02. The summed E-state index contributed by atoms with van der Waals surface area (Å²) in [5, 5.41) is 0. The molecule has 0 N–H and O–H groups in total. The molecule has 22 heavy (non-hydrogen) atoms. The molecule has 1 aromatic carbocycles. The van der Waals surface area contributed by atoms with Crippen LogP contribution in [0.4, 0.5) is 0 Å². The lowest BCUT2D eigenvalue weighted by atomic mass is 9.83. The molecular weight excluding hydrogens is 280 g/mol. The van der Waals surface area contributed by atoms with Crippen molar-refractivity contribution in [3.63, 3.8) is 0 Å². The maximum Gasteiger partial charge on any atom is 0.321 e. The van der Waals surface area contributed by atoms with Crippen LogP contribution in [0.3, 0.4) is 0 Å². The summed E-state index contributed by atoms with van der Waals surface area (Å²) < 4.78 is 9.59. The fourth-order valence-electron chi connectivity index (χ4n) is 2.13. The molecule has 0 radical (unpaired) electrons. The van der Waals surface area contributed by atoms with Crippen molar-refractivity contribution in [2.45, 2.75) is 26.7 Å². The smallest absolute Gasteiger partial charge is 0.321 e. The summed E-state index contributed by atoms with van der Waals surface area (Å²) in [5.74, 6) is -2.64. The van der Waals surface area contributed by atoms with E-state index in [1.165, 1.54) is 14.2 Å². The molecule has 0 saturated carbocycles. The van der Waals surface area contributed by atoms with Crippen molar-refractivity contribution in [2.24, 2.45) is 11.3 Å². The Balaban J connectivity index is 3.30. The van der Waals surface area contributed by atoms with Gasteiger partial charge in [0, 0.05) is 5.92 Å². The van der Waals surface area contributed by atoms with Gasteiger partial charge in [-0.2, -0.15) is 0 Å². The van der Waals surface area contributed by atoms with Gasteiger partial charge in [0.25, 0.3) is 0 Å². The summed E-state index contributed by atoms with van der Waals surface area (Å²) in [7, 11) is 2.54. The predicted molar refractivity (Wildman–Crippen MR) is 85.3 cm³/mol. The molecule has 0 saturated heterocycles. The van der Waals surface area contributed by atoms with Crippen molar-refractivity contribution in [1.82, 2.24) is 0 Å². The van der Waals surface area contributed by atoms with Crippen LogP contribution in [0, 0.1) is 11.3 Å². The molecule has 4 nitrogen and oxygen atoms in total. The van der Waals surface area contributed by atoms with Crippen molar-refractivity contribution in [3.05, 3.63) is 48.0 Å². The van der Waals surface area contributed by atoms with Crippen LogP contribution in [0.15, 0.2) is 42.5 Å². The van der Waals surface area contributed by atoms with Crippen LogP contribution in [0.25, 0.3) is 0 Å². The third-order valence-electron chi connectivity index (χ3n) is 3.26. The molecule has 0 heterocycles. The molecule has 0 fully saturated rings. The highest BCUT2D eigenvalue weighted by atomic mass is 16.5. The number of carbonyl (C=O) groups is 2. The Kier molecular flexibility index (Phi) is 6.35. The highest BCUT2D eigenvalue weighted by Gasteiger charge is 2.36. The monoisotopic (exact) mass is 304 g/mol. The summed E-state index contributed by atoms with van der Waals surface area (Å²) in [6.07, 6.45) is 3.87. The van der Waals surface area contributed by atoms with Crippen molar-refractivity contribution < 1.29 is 19.1 Å². The second kappa shape index (κ2) is 7.78. The largest absolute Gasteiger partial charge is 0.468 e. The standard InChI is InChI=1S/C18H24O4/c1-18(2,3)12-11-14(13-9-7-6-8-10-13)15(16(19)21-4)17(20)22-5/h6-12,14-15H,1-5H3/b12-11+. The van der Waals surface area contributed by atoms with E-state index in [2.05, 4.69) is 20.8 Å². The van der Waals surface area contributed by atoms with Crippen LogP contribution in [-0.2, 0) is 19.1 Å².